The van der Waals surface area contributed by atoms with Crippen molar-refractivity contribution < 1.29 is 23.9 Å². The fourth-order valence-corrected chi connectivity index (χ4v) is 3.21. The number of amides is 3. The third kappa shape index (κ3) is 4.66. The number of hydrogen-bond donors (Lipinski definition) is 2. The first-order chi connectivity index (χ1) is 13.9. The molecule has 1 aliphatic rings. The smallest absolute Gasteiger partial charge is 0.229 e. The Morgan fingerprint density at radius 1 is 0.966 bits per heavy atom. The Kier molecular flexibility index (Phi) is 6.01. The molecule has 1 fully saturated rings. The Hall–Kier alpha value is -3.55. The summed E-state index contributed by atoms with van der Waals surface area (Å²) in [5.74, 6) is 0.101. The van der Waals surface area contributed by atoms with E-state index in [0.29, 0.717) is 28.6 Å². The molecule has 1 atom stereocenters. The fourth-order valence-electron chi connectivity index (χ4n) is 3.21. The van der Waals surface area contributed by atoms with E-state index in [0.717, 1.165) is 0 Å². The summed E-state index contributed by atoms with van der Waals surface area (Å²) in [7, 11) is 3.07. The molecular formula is C21H23N3O5. The van der Waals surface area contributed by atoms with E-state index in [1.165, 1.54) is 14.0 Å². The van der Waals surface area contributed by atoms with Crippen LogP contribution in [0.15, 0.2) is 42.5 Å². The first-order valence-electron chi connectivity index (χ1n) is 9.12. The van der Waals surface area contributed by atoms with Crippen molar-refractivity contribution in [3.8, 4) is 11.5 Å². The van der Waals surface area contributed by atoms with Gasteiger partial charge in [0.2, 0.25) is 17.7 Å². The first kappa shape index (κ1) is 20.2. The van der Waals surface area contributed by atoms with Crippen molar-refractivity contribution in [1.29, 1.82) is 0 Å². The highest BCUT2D eigenvalue weighted by molar-refractivity contribution is 6.03. The second kappa shape index (κ2) is 8.64. The topological polar surface area (TPSA) is 97.0 Å². The molecule has 8 nitrogen and oxygen atoms in total. The maximum atomic E-state index is 12.6. The predicted octanol–water partition coefficient (Wildman–Crippen LogP) is 2.65. The molecule has 2 aromatic rings. The summed E-state index contributed by atoms with van der Waals surface area (Å²) >= 11 is 0. The Morgan fingerprint density at radius 3 is 2.17 bits per heavy atom. The van der Waals surface area contributed by atoms with Crippen LogP contribution in [0.1, 0.15) is 13.3 Å². The summed E-state index contributed by atoms with van der Waals surface area (Å²) in [5, 5.41) is 5.49. The zero-order chi connectivity index (χ0) is 21.0. The Balaban J connectivity index is 1.66. The Bertz CT molecular complexity index is 926. The highest BCUT2D eigenvalue weighted by Gasteiger charge is 2.35. The standard InChI is InChI=1S/C21H23N3O5/c1-13(25)22-15-4-6-16(7-5-15)23-21(27)14-10-20(26)24(12-14)17-8-9-18(28-2)19(11-17)29-3/h4-9,11,14H,10,12H2,1-3H3,(H,22,25)(H,23,27). The molecule has 1 aliphatic heterocycles. The van der Waals surface area contributed by atoms with Gasteiger partial charge in [0.15, 0.2) is 11.5 Å². The molecule has 3 amide bonds. The minimum atomic E-state index is -0.467. The van der Waals surface area contributed by atoms with Gasteiger partial charge in [-0.2, -0.15) is 0 Å². The van der Waals surface area contributed by atoms with Crippen LogP contribution in [0.5, 0.6) is 11.5 Å². The van der Waals surface area contributed by atoms with Crippen LogP contribution in [0.2, 0.25) is 0 Å². The lowest BCUT2D eigenvalue weighted by Crippen LogP contribution is -2.28. The molecule has 3 rings (SSSR count). The van der Waals surface area contributed by atoms with E-state index in [1.54, 1.807) is 54.5 Å². The highest BCUT2D eigenvalue weighted by atomic mass is 16.5. The molecular weight excluding hydrogens is 374 g/mol. The minimum absolute atomic E-state index is 0.127. The summed E-state index contributed by atoms with van der Waals surface area (Å²) in [6.07, 6.45) is 0.129. The van der Waals surface area contributed by atoms with Gasteiger partial charge in [0.25, 0.3) is 0 Å². The molecule has 1 heterocycles. The minimum Gasteiger partial charge on any atom is -0.493 e. The largest absolute Gasteiger partial charge is 0.493 e. The van der Waals surface area contributed by atoms with Crippen molar-refractivity contribution in [1.82, 2.24) is 0 Å². The number of anilines is 3. The number of carbonyl (C=O) groups excluding carboxylic acids is 3. The van der Waals surface area contributed by atoms with Crippen LogP contribution in [0.3, 0.4) is 0 Å². The molecule has 152 valence electrons. The number of methoxy groups -OCH3 is 2. The summed E-state index contributed by atoms with van der Waals surface area (Å²) in [5.41, 5.74) is 1.90. The second-order valence-corrected chi connectivity index (χ2v) is 6.69. The van der Waals surface area contributed by atoms with Crippen molar-refractivity contribution in [2.75, 3.05) is 36.3 Å². The van der Waals surface area contributed by atoms with Crippen molar-refractivity contribution in [3.05, 3.63) is 42.5 Å². The molecule has 1 unspecified atom stereocenters. The summed E-state index contributed by atoms with van der Waals surface area (Å²) < 4.78 is 10.5. The van der Waals surface area contributed by atoms with Crippen molar-refractivity contribution in [3.63, 3.8) is 0 Å². The maximum absolute atomic E-state index is 12.6. The summed E-state index contributed by atoms with van der Waals surface area (Å²) in [6, 6.07) is 12.0. The molecule has 0 spiro atoms. The molecule has 2 aromatic carbocycles. The van der Waals surface area contributed by atoms with Gasteiger partial charge in [-0.3, -0.25) is 14.4 Å². The van der Waals surface area contributed by atoms with Crippen molar-refractivity contribution in [2.45, 2.75) is 13.3 Å². The van der Waals surface area contributed by atoms with Crippen LogP contribution in [0.4, 0.5) is 17.1 Å². The van der Waals surface area contributed by atoms with Crippen LogP contribution in [-0.4, -0.2) is 38.5 Å². The molecule has 1 saturated heterocycles. The van der Waals surface area contributed by atoms with Crippen LogP contribution < -0.4 is 25.0 Å². The Morgan fingerprint density at radius 2 is 1.59 bits per heavy atom. The van der Waals surface area contributed by atoms with Crippen LogP contribution in [-0.2, 0) is 14.4 Å². The molecule has 8 heteroatoms. The predicted molar refractivity (Wildman–Crippen MR) is 109 cm³/mol. The van der Waals surface area contributed by atoms with Gasteiger partial charge in [0, 0.05) is 43.0 Å². The number of ether oxygens (including phenoxy) is 2. The number of benzene rings is 2. The lowest BCUT2D eigenvalue weighted by molar-refractivity contribution is -0.122. The normalized spacial score (nSPS) is 15.8. The second-order valence-electron chi connectivity index (χ2n) is 6.69. The highest BCUT2D eigenvalue weighted by Crippen LogP contribution is 2.34. The molecule has 2 N–H and O–H groups in total. The number of carbonyl (C=O) groups is 3. The van der Waals surface area contributed by atoms with Gasteiger partial charge in [-0.1, -0.05) is 0 Å². The molecule has 0 saturated carbocycles. The molecule has 0 radical (unpaired) electrons. The average Bonchev–Trinajstić information content (AvgIpc) is 3.10. The monoisotopic (exact) mass is 397 g/mol. The van der Waals surface area contributed by atoms with Crippen molar-refractivity contribution in [2.24, 2.45) is 5.92 Å². The number of nitrogens with zero attached hydrogens (tertiary/aromatic N) is 1. The van der Waals surface area contributed by atoms with E-state index >= 15 is 0 Å². The van der Waals surface area contributed by atoms with Gasteiger partial charge in [-0.25, -0.2) is 0 Å². The number of rotatable bonds is 6. The maximum Gasteiger partial charge on any atom is 0.229 e. The third-order valence-electron chi connectivity index (χ3n) is 4.65. The van der Waals surface area contributed by atoms with Crippen molar-refractivity contribution >= 4 is 34.8 Å². The van der Waals surface area contributed by atoms with E-state index in [9.17, 15) is 14.4 Å². The van der Waals surface area contributed by atoms with Gasteiger partial charge >= 0.3 is 0 Å². The summed E-state index contributed by atoms with van der Waals surface area (Å²) in [6.45, 7) is 1.71. The zero-order valence-corrected chi connectivity index (χ0v) is 16.5. The summed E-state index contributed by atoms with van der Waals surface area (Å²) in [4.78, 5) is 37.7. The molecule has 29 heavy (non-hydrogen) atoms. The number of hydrogen-bond acceptors (Lipinski definition) is 5. The third-order valence-corrected chi connectivity index (χ3v) is 4.65. The van der Waals surface area contributed by atoms with E-state index in [2.05, 4.69) is 10.6 Å². The first-order valence-corrected chi connectivity index (χ1v) is 9.12. The molecule has 0 aromatic heterocycles. The van der Waals surface area contributed by atoms with Crippen LogP contribution in [0.25, 0.3) is 0 Å². The molecule has 0 aliphatic carbocycles. The van der Waals surface area contributed by atoms with Gasteiger partial charge in [0.05, 0.1) is 20.1 Å². The van der Waals surface area contributed by atoms with Crippen LogP contribution in [0, 0.1) is 5.92 Å². The van der Waals surface area contributed by atoms with E-state index in [1.807, 2.05) is 0 Å². The van der Waals surface area contributed by atoms with Gasteiger partial charge < -0.3 is 25.0 Å². The number of nitrogens with one attached hydrogen (secondary N) is 2. The van der Waals surface area contributed by atoms with Gasteiger partial charge in [-0.15, -0.1) is 0 Å². The average molecular weight is 397 g/mol. The van der Waals surface area contributed by atoms with Gasteiger partial charge in [0.1, 0.15) is 0 Å². The SMILES string of the molecule is COc1ccc(N2CC(C(=O)Nc3ccc(NC(C)=O)cc3)CC2=O)cc1OC. The van der Waals surface area contributed by atoms with E-state index in [4.69, 9.17) is 9.47 Å². The van der Waals surface area contributed by atoms with E-state index < -0.39 is 5.92 Å². The van der Waals surface area contributed by atoms with Crippen LogP contribution >= 0.6 is 0 Å². The fraction of sp³-hybridized carbons (Fsp3) is 0.286. The lowest BCUT2D eigenvalue weighted by Gasteiger charge is -2.18. The van der Waals surface area contributed by atoms with Gasteiger partial charge in [-0.05, 0) is 36.4 Å². The quantitative estimate of drug-likeness (QED) is 0.781. The zero-order valence-electron chi connectivity index (χ0n) is 16.5. The lowest BCUT2D eigenvalue weighted by atomic mass is 10.1. The van der Waals surface area contributed by atoms with E-state index in [-0.39, 0.29) is 30.7 Å². The molecule has 0 bridgehead atoms. The Labute approximate surface area is 168 Å².